The van der Waals surface area contributed by atoms with E-state index in [2.05, 4.69) is 5.32 Å². The number of nitrogens with zero attached hydrogens (tertiary/aromatic N) is 1. The van der Waals surface area contributed by atoms with Crippen LogP contribution >= 0.6 is 0 Å². The van der Waals surface area contributed by atoms with E-state index in [9.17, 15) is 14.0 Å². The number of carbonyl (C=O) groups excluding carboxylic acids is 2. The third-order valence-corrected chi connectivity index (χ3v) is 5.74. The van der Waals surface area contributed by atoms with Crippen molar-refractivity contribution in [3.8, 4) is 5.75 Å². The zero-order valence-electron chi connectivity index (χ0n) is 20.5. The lowest BCUT2D eigenvalue weighted by Gasteiger charge is -2.32. The molecular weight excluding hydrogens is 443 g/mol. The van der Waals surface area contributed by atoms with Gasteiger partial charge < -0.3 is 15.0 Å². The van der Waals surface area contributed by atoms with Crippen molar-refractivity contribution in [3.05, 3.63) is 101 Å². The standard InChI is InChI=1S/C29H33FN2O3/c1-21(2)19-31-29(34)27(17-22-10-5-4-6-11-22)32(20-23-12-9-14-25(16-23)35-3)28(33)18-24-13-7-8-15-26(24)30/h4-16,21,27H,17-20H2,1-3H3,(H,31,34)/t27-/m0/s1. The number of hydrogen-bond donors (Lipinski definition) is 1. The van der Waals surface area contributed by atoms with Gasteiger partial charge in [-0.2, -0.15) is 0 Å². The molecule has 1 atom stereocenters. The zero-order valence-corrected chi connectivity index (χ0v) is 20.5. The molecule has 35 heavy (non-hydrogen) atoms. The van der Waals surface area contributed by atoms with Crippen molar-refractivity contribution in [2.24, 2.45) is 5.92 Å². The van der Waals surface area contributed by atoms with Crippen molar-refractivity contribution < 1.29 is 18.7 Å². The summed E-state index contributed by atoms with van der Waals surface area (Å²) in [6.45, 7) is 4.73. The van der Waals surface area contributed by atoms with Gasteiger partial charge in [0.1, 0.15) is 17.6 Å². The van der Waals surface area contributed by atoms with Crippen LogP contribution in [0.1, 0.15) is 30.5 Å². The Morgan fingerprint density at radius 1 is 0.943 bits per heavy atom. The number of rotatable bonds is 11. The van der Waals surface area contributed by atoms with Crippen LogP contribution in [0.5, 0.6) is 5.75 Å². The van der Waals surface area contributed by atoms with Gasteiger partial charge in [-0.05, 0) is 40.8 Å². The molecule has 0 unspecified atom stereocenters. The van der Waals surface area contributed by atoms with Gasteiger partial charge in [-0.3, -0.25) is 9.59 Å². The van der Waals surface area contributed by atoms with Gasteiger partial charge in [-0.1, -0.05) is 74.5 Å². The van der Waals surface area contributed by atoms with Gasteiger partial charge in [0.05, 0.1) is 13.5 Å². The highest BCUT2D eigenvalue weighted by Gasteiger charge is 2.31. The Bertz CT molecular complexity index is 1120. The van der Waals surface area contributed by atoms with Gasteiger partial charge >= 0.3 is 0 Å². The molecule has 2 amide bonds. The fraction of sp³-hybridized carbons (Fsp3) is 0.310. The van der Waals surface area contributed by atoms with Crippen LogP contribution in [0.3, 0.4) is 0 Å². The van der Waals surface area contributed by atoms with E-state index in [1.54, 1.807) is 30.2 Å². The van der Waals surface area contributed by atoms with E-state index in [0.717, 1.165) is 11.1 Å². The normalized spacial score (nSPS) is 11.7. The summed E-state index contributed by atoms with van der Waals surface area (Å²) in [5, 5.41) is 2.99. The molecule has 1 N–H and O–H groups in total. The summed E-state index contributed by atoms with van der Waals surface area (Å²) in [4.78, 5) is 28.6. The Labute approximate surface area is 206 Å². The maximum absolute atomic E-state index is 14.4. The second kappa shape index (κ2) is 12.7. The fourth-order valence-electron chi connectivity index (χ4n) is 3.85. The molecule has 3 rings (SSSR count). The highest BCUT2D eigenvalue weighted by Crippen LogP contribution is 2.20. The Hall–Kier alpha value is -3.67. The number of nitrogens with one attached hydrogen (secondary N) is 1. The van der Waals surface area contributed by atoms with E-state index in [1.807, 2.05) is 68.4 Å². The molecule has 0 radical (unpaired) electrons. The van der Waals surface area contributed by atoms with Crippen molar-refractivity contribution in [1.82, 2.24) is 10.2 Å². The van der Waals surface area contributed by atoms with Gasteiger partial charge in [0, 0.05) is 19.5 Å². The molecule has 3 aromatic carbocycles. The quantitative estimate of drug-likeness (QED) is 0.433. The maximum Gasteiger partial charge on any atom is 0.243 e. The van der Waals surface area contributed by atoms with Crippen LogP contribution < -0.4 is 10.1 Å². The summed E-state index contributed by atoms with van der Waals surface area (Å²) in [7, 11) is 1.58. The average Bonchev–Trinajstić information content (AvgIpc) is 2.86. The lowest BCUT2D eigenvalue weighted by Crippen LogP contribution is -2.51. The predicted octanol–water partition coefficient (Wildman–Crippen LogP) is 4.79. The first-order valence-corrected chi connectivity index (χ1v) is 11.8. The monoisotopic (exact) mass is 476 g/mol. The van der Waals surface area contributed by atoms with E-state index in [1.165, 1.54) is 6.07 Å². The molecular formula is C29H33FN2O3. The Morgan fingerprint density at radius 2 is 1.63 bits per heavy atom. The lowest BCUT2D eigenvalue weighted by atomic mass is 10.0. The van der Waals surface area contributed by atoms with Crippen LogP contribution in [-0.2, 0) is 29.0 Å². The topological polar surface area (TPSA) is 58.6 Å². The molecule has 3 aromatic rings. The molecule has 0 aliphatic heterocycles. The molecule has 0 bridgehead atoms. The predicted molar refractivity (Wildman–Crippen MR) is 135 cm³/mol. The highest BCUT2D eigenvalue weighted by atomic mass is 19.1. The van der Waals surface area contributed by atoms with Gasteiger partial charge in [-0.15, -0.1) is 0 Å². The largest absolute Gasteiger partial charge is 0.497 e. The number of methoxy groups -OCH3 is 1. The maximum atomic E-state index is 14.4. The number of halogens is 1. The molecule has 0 fully saturated rings. The number of carbonyl (C=O) groups is 2. The van der Waals surface area contributed by atoms with Crippen molar-refractivity contribution >= 4 is 11.8 Å². The third-order valence-electron chi connectivity index (χ3n) is 5.74. The first-order valence-electron chi connectivity index (χ1n) is 11.8. The Morgan fingerprint density at radius 3 is 2.31 bits per heavy atom. The summed E-state index contributed by atoms with van der Waals surface area (Å²) in [6, 6.07) is 22.5. The Balaban J connectivity index is 1.98. The molecule has 6 heteroatoms. The van der Waals surface area contributed by atoms with E-state index in [0.29, 0.717) is 24.3 Å². The second-order valence-corrected chi connectivity index (χ2v) is 8.99. The molecule has 0 aromatic heterocycles. The molecule has 184 valence electrons. The smallest absolute Gasteiger partial charge is 0.243 e. The number of ether oxygens (including phenoxy) is 1. The number of amides is 2. The summed E-state index contributed by atoms with van der Waals surface area (Å²) >= 11 is 0. The molecule has 0 aliphatic carbocycles. The van der Waals surface area contributed by atoms with E-state index in [4.69, 9.17) is 4.74 Å². The highest BCUT2D eigenvalue weighted by molar-refractivity contribution is 5.88. The summed E-state index contributed by atoms with van der Waals surface area (Å²) in [5.74, 6) is -0.0675. The first kappa shape index (κ1) is 25.9. The summed E-state index contributed by atoms with van der Waals surface area (Å²) < 4.78 is 19.7. The molecule has 0 saturated carbocycles. The minimum absolute atomic E-state index is 0.139. The van der Waals surface area contributed by atoms with Crippen LogP contribution in [-0.4, -0.2) is 36.4 Å². The van der Waals surface area contributed by atoms with Crippen molar-refractivity contribution in [1.29, 1.82) is 0 Å². The van der Waals surface area contributed by atoms with Crippen molar-refractivity contribution in [3.63, 3.8) is 0 Å². The van der Waals surface area contributed by atoms with E-state index < -0.39 is 11.9 Å². The minimum atomic E-state index is -0.762. The number of hydrogen-bond acceptors (Lipinski definition) is 3. The summed E-state index contributed by atoms with van der Waals surface area (Å²) in [6.07, 6.45) is 0.205. The molecule has 0 aliphatic rings. The molecule has 5 nitrogen and oxygen atoms in total. The Kier molecular flexibility index (Phi) is 9.41. The van der Waals surface area contributed by atoms with Crippen LogP contribution in [0.4, 0.5) is 4.39 Å². The van der Waals surface area contributed by atoms with Crippen LogP contribution in [0.15, 0.2) is 78.9 Å². The van der Waals surface area contributed by atoms with Crippen molar-refractivity contribution in [2.45, 2.75) is 39.3 Å². The average molecular weight is 477 g/mol. The minimum Gasteiger partial charge on any atom is -0.497 e. The van der Waals surface area contributed by atoms with Crippen LogP contribution in [0.2, 0.25) is 0 Å². The van der Waals surface area contributed by atoms with Gasteiger partial charge in [0.2, 0.25) is 11.8 Å². The lowest BCUT2D eigenvalue weighted by molar-refractivity contribution is -0.140. The summed E-state index contributed by atoms with van der Waals surface area (Å²) in [5.41, 5.74) is 2.06. The van der Waals surface area contributed by atoms with Gasteiger partial charge in [-0.25, -0.2) is 4.39 Å². The van der Waals surface area contributed by atoms with E-state index >= 15 is 0 Å². The van der Waals surface area contributed by atoms with Gasteiger partial charge in [0.15, 0.2) is 0 Å². The molecule has 0 heterocycles. The fourth-order valence-corrected chi connectivity index (χ4v) is 3.85. The molecule has 0 saturated heterocycles. The van der Waals surface area contributed by atoms with E-state index in [-0.39, 0.29) is 30.7 Å². The molecule has 0 spiro atoms. The SMILES string of the molecule is COc1cccc(CN(C(=O)Cc2ccccc2F)[C@@H](Cc2ccccc2)C(=O)NCC(C)C)c1. The number of benzene rings is 3. The van der Waals surface area contributed by atoms with Crippen LogP contribution in [0, 0.1) is 11.7 Å². The first-order chi connectivity index (χ1) is 16.9. The third kappa shape index (κ3) is 7.67. The second-order valence-electron chi connectivity index (χ2n) is 8.99. The van der Waals surface area contributed by atoms with Crippen LogP contribution in [0.25, 0.3) is 0 Å². The van der Waals surface area contributed by atoms with Crippen molar-refractivity contribution in [2.75, 3.05) is 13.7 Å². The van der Waals surface area contributed by atoms with Gasteiger partial charge in [0.25, 0.3) is 0 Å². The zero-order chi connectivity index (χ0) is 25.2.